The van der Waals surface area contributed by atoms with Gasteiger partial charge in [-0.05, 0) is 36.4 Å². The molecule has 0 aliphatic rings. The Morgan fingerprint density at radius 3 is 2.43 bits per heavy atom. The van der Waals surface area contributed by atoms with Crippen LogP contribution in [0.2, 0.25) is 0 Å². The summed E-state index contributed by atoms with van der Waals surface area (Å²) >= 11 is 0. The Morgan fingerprint density at radius 1 is 1.29 bits per heavy atom. The normalized spacial score (nSPS) is 9.50. The van der Waals surface area contributed by atoms with E-state index in [-0.39, 0.29) is 0 Å². The number of pyridine rings is 1. The molecule has 2 heteroatoms. The Bertz CT molecular complexity index is 277. The van der Waals surface area contributed by atoms with Crippen molar-refractivity contribution >= 4 is 6.08 Å². The third-order valence-electron chi connectivity index (χ3n) is 1.62. The molecule has 0 aromatic carbocycles. The average molecular weight is 192 g/mol. The first-order chi connectivity index (χ1) is 6.70. The molecule has 0 radical (unpaired) electrons. The molecule has 1 rings (SSSR count). The van der Waals surface area contributed by atoms with Gasteiger partial charge in [0.1, 0.15) is 0 Å². The monoisotopic (exact) mass is 192 g/mol. The molecule has 0 atom stereocenters. The lowest BCUT2D eigenvalue weighted by atomic mass is 10.1. The molecular formula is C12H20N2. The number of rotatable bonds is 2. The number of hydrogen-bond acceptors (Lipinski definition) is 2. The highest BCUT2D eigenvalue weighted by atomic mass is 15.0. The summed E-state index contributed by atoms with van der Waals surface area (Å²) in [6.45, 7) is 6.06. The SMILES string of the molecule is CC.Cc1cnccc1/C=C\N(C)C. The molecule has 0 spiro atoms. The van der Waals surface area contributed by atoms with Gasteiger partial charge in [0, 0.05) is 26.5 Å². The van der Waals surface area contributed by atoms with Crippen molar-refractivity contribution in [3.63, 3.8) is 0 Å². The second-order valence-corrected chi connectivity index (χ2v) is 3.01. The van der Waals surface area contributed by atoms with Crippen LogP contribution in [0.1, 0.15) is 25.0 Å². The van der Waals surface area contributed by atoms with E-state index in [1.165, 1.54) is 11.1 Å². The molecule has 0 aliphatic heterocycles. The van der Waals surface area contributed by atoms with Crippen molar-refractivity contribution in [3.05, 3.63) is 35.8 Å². The quantitative estimate of drug-likeness (QED) is 0.716. The minimum absolute atomic E-state index is 1.20. The summed E-state index contributed by atoms with van der Waals surface area (Å²) in [5.74, 6) is 0. The zero-order chi connectivity index (χ0) is 11.0. The maximum Gasteiger partial charge on any atom is 0.0303 e. The van der Waals surface area contributed by atoms with Crippen LogP contribution in [0.25, 0.3) is 6.08 Å². The summed E-state index contributed by atoms with van der Waals surface area (Å²) in [4.78, 5) is 6.04. The molecule has 0 unspecified atom stereocenters. The van der Waals surface area contributed by atoms with E-state index >= 15 is 0 Å². The average Bonchev–Trinajstić information content (AvgIpc) is 2.19. The molecule has 0 saturated heterocycles. The maximum absolute atomic E-state index is 4.02. The van der Waals surface area contributed by atoms with Crippen molar-refractivity contribution in [1.82, 2.24) is 9.88 Å². The predicted molar refractivity (Wildman–Crippen MR) is 63.0 cm³/mol. The molecule has 0 N–H and O–H groups in total. The van der Waals surface area contributed by atoms with E-state index < -0.39 is 0 Å². The molecule has 78 valence electrons. The van der Waals surface area contributed by atoms with Crippen molar-refractivity contribution in [2.24, 2.45) is 0 Å². The van der Waals surface area contributed by atoms with Gasteiger partial charge >= 0.3 is 0 Å². The Labute approximate surface area is 87.3 Å². The van der Waals surface area contributed by atoms with Crippen molar-refractivity contribution in [3.8, 4) is 0 Å². The van der Waals surface area contributed by atoms with Gasteiger partial charge in [0.2, 0.25) is 0 Å². The molecule has 0 bridgehead atoms. The molecule has 14 heavy (non-hydrogen) atoms. The highest BCUT2D eigenvalue weighted by Crippen LogP contribution is 2.06. The van der Waals surface area contributed by atoms with Crippen LogP contribution in [0.5, 0.6) is 0 Å². The minimum atomic E-state index is 1.20. The predicted octanol–water partition coefficient (Wildman–Crippen LogP) is 2.95. The van der Waals surface area contributed by atoms with E-state index in [1.54, 1.807) is 0 Å². The van der Waals surface area contributed by atoms with Crippen LogP contribution in [0, 0.1) is 6.92 Å². The summed E-state index contributed by atoms with van der Waals surface area (Å²) < 4.78 is 0. The zero-order valence-electron chi connectivity index (χ0n) is 9.78. The molecule has 0 fully saturated rings. The van der Waals surface area contributed by atoms with Crippen LogP contribution in [0.4, 0.5) is 0 Å². The van der Waals surface area contributed by atoms with Gasteiger partial charge in [0.05, 0.1) is 0 Å². The number of hydrogen-bond donors (Lipinski definition) is 0. The van der Waals surface area contributed by atoms with Crippen LogP contribution in [-0.2, 0) is 0 Å². The number of aromatic nitrogens is 1. The Kier molecular flexibility index (Phi) is 6.46. The van der Waals surface area contributed by atoms with Crippen molar-refractivity contribution < 1.29 is 0 Å². The first-order valence-electron chi connectivity index (χ1n) is 4.95. The van der Waals surface area contributed by atoms with Gasteiger partial charge in [-0.15, -0.1) is 0 Å². The Balaban J connectivity index is 0.000000791. The lowest BCUT2D eigenvalue weighted by Gasteiger charge is -2.04. The van der Waals surface area contributed by atoms with Gasteiger partial charge in [-0.1, -0.05) is 13.8 Å². The van der Waals surface area contributed by atoms with Gasteiger partial charge in [-0.3, -0.25) is 4.98 Å². The van der Waals surface area contributed by atoms with Crippen molar-refractivity contribution in [2.45, 2.75) is 20.8 Å². The summed E-state index contributed by atoms with van der Waals surface area (Å²) in [5, 5.41) is 0. The van der Waals surface area contributed by atoms with Crippen LogP contribution in [0.15, 0.2) is 24.7 Å². The van der Waals surface area contributed by atoms with Crippen LogP contribution in [0.3, 0.4) is 0 Å². The topological polar surface area (TPSA) is 16.1 Å². The standard InChI is InChI=1S/C10H14N2.C2H6/c1-9-8-11-6-4-10(9)5-7-12(2)3;1-2/h4-8H,1-3H3;1-2H3/b7-5-;. The summed E-state index contributed by atoms with van der Waals surface area (Å²) in [6.07, 6.45) is 7.79. The first kappa shape index (κ1) is 12.7. The molecule has 0 amide bonds. The van der Waals surface area contributed by atoms with Crippen LogP contribution >= 0.6 is 0 Å². The fourth-order valence-electron chi connectivity index (χ4n) is 0.901. The van der Waals surface area contributed by atoms with Crippen LogP contribution in [-0.4, -0.2) is 24.0 Å². The van der Waals surface area contributed by atoms with E-state index in [9.17, 15) is 0 Å². The van der Waals surface area contributed by atoms with Gasteiger partial charge in [-0.2, -0.15) is 0 Å². The second-order valence-electron chi connectivity index (χ2n) is 3.01. The second kappa shape index (κ2) is 7.13. The molecule has 0 aliphatic carbocycles. The lowest BCUT2D eigenvalue weighted by molar-refractivity contribution is 0.567. The van der Waals surface area contributed by atoms with Gasteiger partial charge in [-0.25, -0.2) is 0 Å². The smallest absolute Gasteiger partial charge is 0.0303 e. The zero-order valence-corrected chi connectivity index (χ0v) is 9.78. The fraction of sp³-hybridized carbons (Fsp3) is 0.417. The molecular weight excluding hydrogens is 172 g/mol. The largest absolute Gasteiger partial charge is 0.383 e. The highest BCUT2D eigenvalue weighted by Gasteiger charge is 1.90. The van der Waals surface area contributed by atoms with Crippen LogP contribution < -0.4 is 0 Å². The van der Waals surface area contributed by atoms with Gasteiger partial charge in [0.25, 0.3) is 0 Å². The van der Waals surface area contributed by atoms with E-state index in [0.29, 0.717) is 0 Å². The Hall–Kier alpha value is -1.31. The lowest BCUT2D eigenvalue weighted by Crippen LogP contribution is -1.99. The summed E-state index contributed by atoms with van der Waals surface area (Å²) in [5.41, 5.74) is 2.43. The van der Waals surface area contributed by atoms with E-state index in [4.69, 9.17) is 0 Å². The third kappa shape index (κ3) is 4.65. The Morgan fingerprint density at radius 2 is 1.93 bits per heavy atom. The molecule has 1 aromatic heterocycles. The summed E-state index contributed by atoms with van der Waals surface area (Å²) in [7, 11) is 4.01. The molecule has 1 heterocycles. The third-order valence-corrected chi connectivity index (χ3v) is 1.62. The number of aryl methyl sites for hydroxylation is 1. The van der Waals surface area contributed by atoms with E-state index in [0.717, 1.165) is 0 Å². The number of nitrogens with zero attached hydrogens (tertiary/aromatic N) is 2. The molecule has 0 saturated carbocycles. The minimum Gasteiger partial charge on any atom is -0.383 e. The summed E-state index contributed by atoms with van der Waals surface area (Å²) in [6, 6.07) is 2.01. The van der Waals surface area contributed by atoms with Crippen molar-refractivity contribution in [1.29, 1.82) is 0 Å². The highest BCUT2D eigenvalue weighted by molar-refractivity contribution is 5.51. The van der Waals surface area contributed by atoms with Crippen molar-refractivity contribution in [2.75, 3.05) is 14.1 Å². The van der Waals surface area contributed by atoms with E-state index in [2.05, 4.69) is 18.0 Å². The molecule has 1 aromatic rings. The van der Waals surface area contributed by atoms with Gasteiger partial charge in [0.15, 0.2) is 0 Å². The first-order valence-corrected chi connectivity index (χ1v) is 4.95. The van der Waals surface area contributed by atoms with E-state index in [1.807, 2.05) is 57.5 Å². The van der Waals surface area contributed by atoms with Gasteiger partial charge < -0.3 is 4.90 Å². The maximum atomic E-state index is 4.02. The fourth-order valence-corrected chi connectivity index (χ4v) is 0.901. The molecule has 2 nitrogen and oxygen atoms in total.